The molecular weight excluding hydrogens is 412 g/mol. The fraction of sp³-hybridized carbons (Fsp3) is 0.857. The van der Waals surface area contributed by atoms with Gasteiger partial charge in [-0.3, -0.25) is 14.4 Å². The summed E-state index contributed by atoms with van der Waals surface area (Å²) in [6.45, 7) is 11.7. The number of hydrogen-bond acceptors (Lipinski definition) is 8. The minimum absolute atomic E-state index is 0.0926. The van der Waals surface area contributed by atoms with Gasteiger partial charge in [0.05, 0.1) is 31.2 Å². The van der Waals surface area contributed by atoms with Crippen molar-refractivity contribution < 1.29 is 48.7 Å². The van der Waals surface area contributed by atoms with E-state index in [1.54, 1.807) is 21.1 Å². The molecule has 3 atom stereocenters. The summed E-state index contributed by atoms with van der Waals surface area (Å²) in [7, 11) is 3.25. The molecule has 10 nitrogen and oxygen atoms in total. The molecule has 0 aromatic heterocycles. The lowest BCUT2D eigenvalue weighted by Crippen LogP contribution is -2.16. The van der Waals surface area contributed by atoms with Crippen molar-refractivity contribution in [2.75, 3.05) is 34.0 Å². The first kappa shape index (κ1) is 36.6. The van der Waals surface area contributed by atoms with Crippen LogP contribution in [0.15, 0.2) is 0 Å². The number of hydrogen-bond donors (Lipinski definition) is 3. The quantitative estimate of drug-likeness (QED) is 0.374. The lowest BCUT2D eigenvalue weighted by atomic mass is 10.2. The van der Waals surface area contributed by atoms with Gasteiger partial charge in [-0.05, 0) is 33.6 Å². The second-order valence-electron chi connectivity index (χ2n) is 6.23. The molecule has 0 heterocycles. The standard InChI is InChI=1S/2C7H14O3.C5H10O3.C2H6O/c2*1-3-6(10-4-2)5-7(8)9;1-4(6)3-8-5(2)7;1-3-2/h2*6H,3-5H2,1-2H3,(H,8,9);4,6H,3H2,1-2H3;1-2H3. The highest BCUT2D eigenvalue weighted by atomic mass is 16.5. The molecule has 0 amide bonds. The van der Waals surface area contributed by atoms with E-state index in [0.717, 1.165) is 12.8 Å². The molecule has 0 bridgehead atoms. The lowest BCUT2D eigenvalue weighted by molar-refractivity contribution is -0.143. The molecule has 0 aliphatic heterocycles. The van der Waals surface area contributed by atoms with Crippen LogP contribution in [0, 0.1) is 0 Å². The molecule has 10 heteroatoms. The van der Waals surface area contributed by atoms with Gasteiger partial charge in [-0.15, -0.1) is 0 Å². The summed E-state index contributed by atoms with van der Waals surface area (Å²) in [6.07, 6.45) is 0.985. The number of rotatable bonds is 12. The topological polar surface area (TPSA) is 149 Å². The van der Waals surface area contributed by atoms with Crippen molar-refractivity contribution in [3.05, 3.63) is 0 Å². The Morgan fingerprint density at radius 2 is 1.13 bits per heavy atom. The number of carbonyl (C=O) groups excluding carboxylic acids is 1. The number of aliphatic hydroxyl groups excluding tert-OH is 1. The largest absolute Gasteiger partial charge is 0.481 e. The zero-order valence-corrected chi connectivity index (χ0v) is 20.4. The van der Waals surface area contributed by atoms with Crippen molar-refractivity contribution in [3.63, 3.8) is 0 Å². The van der Waals surface area contributed by atoms with Crippen LogP contribution in [0.25, 0.3) is 0 Å². The van der Waals surface area contributed by atoms with Gasteiger partial charge in [0, 0.05) is 34.4 Å². The molecule has 188 valence electrons. The van der Waals surface area contributed by atoms with Crippen LogP contribution in [-0.4, -0.2) is 85.6 Å². The normalized spacial score (nSPS) is 12.3. The van der Waals surface area contributed by atoms with E-state index in [0.29, 0.717) is 13.2 Å². The molecule has 0 saturated heterocycles. The third-order valence-electron chi connectivity index (χ3n) is 3.05. The number of carbonyl (C=O) groups is 3. The molecule has 0 radical (unpaired) electrons. The number of esters is 1. The van der Waals surface area contributed by atoms with Crippen molar-refractivity contribution in [1.29, 1.82) is 0 Å². The molecule has 0 aliphatic rings. The summed E-state index contributed by atoms with van der Waals surface area (Å²) in [6, 6.07) is 0. The Kier molecular flexibility index (Phi) is 33.4. The molecule has 31 heavy (non-hydrogen) atoms. The van der Waals surface area contributed by atoms with E-state index in [9.17, 15) is 14.4 Å². The third kappa shape index (κ3) is 43.1. The van der Waals surface area contributed by atoms with Crippen molar-refractivity contribution in [2.45, 2.75) is 85.5 Å². The average molecular weight is 457 g/mol. The Morgan fingerprint density at radius 3 is 1.26 bits per heavy atom. The molecule has 0 spiro atoms. The highest BCUT2D eigenvalue weighted by molar-refractivity contribution is 5.67. The van der Waals surface area contributed by atoms with Crippen molar-refractivity contribution in [3.8, 4) is 0 Å². The zero-order valence-electron chi connectivity index (χ0n) is 20.4. The molecule has 3 N–H and O–H groups in total. The fourth-order valence-electron chi connectivity index (χ4n) is 1.74. The van der Waals surface area contributed by atoms with E-state index in [1.165, 1.54) is 6.92 Å². The summed E-state index contributed by atoms with van der Waals surface area (Å²) in [5.74, 6) is -1.94. The monoisotopic (exact) mass is 456 g/mol. The van der Waals surface area contributed by atoms with E-state index in [-0.39, 0.29) is 37.6 Å². The highest BCUT2D eigenvalue weighted by Crippen LogP contribution is 2.03. The van der Waals surface area contributed by atoms with Crippen LogP contribution in [0.4, 0.5) is 0 Å². The molecule has 0 aromatic carbocycles. The van der Waals surface area contributed by atoms with Gasteiger partial charge in [0.2, 0.25) is 0 Å². The first-order valence-electron chi connectivity index (χ1n) is 10.3. The van der Waals surface area contributed by atoms with Crippen molar-refractivity contribution in [2.24, 2.45) is 0 Å². The average Bonchev–Trinajstić information content (AvgIpc) is 2.66. The van der Waals surface area contributed by atoms with Crippen LogP contribution in [0.3, 0.4) is 0 Å². The number of methoxy groups -OCH3 is 1. The van der Waals surface area contributed by atoms with E-state index >= 15 is 0 Å². The number of aliphatic carboxylic acids is 2. The molecule has 0 rings (SSSR count). The van der Waals surface area contributed by atoms with Crippen LogP contribution in [0.5, 0.6) is 0 Å². The van der Waals surface area contributed by atoms with Gasteiger partial charge in [-0.1, -0.05) is 13.8 Å². The number of carboxylic acid groups (broad SMARTS) is 2. The summed E-state index contributed by atoms with van der Waals surface area (Å²) < 4.78 is 18.9. The Hall–Kier alpha value is -1.75. The van der Waals surface area contributed by atoms with Gasteiger partial charge >= 0.3 is 17.9 Å². The SMILES string of the molecule is CC(=O)OCC(C)O.CCOC(CC)CC(=O)O.CCOC(CC)CC(=O)O.COC. The number of aliphatic hydroxyl groups is 1. The molecule has 3 unspecified atom stereocenters. The lowest BCUT2D eigenvalue weighted by Gasteiger charge is -2.10. The van der Waals surface area contributed by atoms with Crippen LogP contribution < -0.4 is 0 Å². The number of ether oxygens (including phenoxy) is 4. The Bertz CT molecular complexity index is 387. The summed E-state index contributed by atoms with van der Waals surface area (Å²) in [5.41, 5.74) is 0. The first-order chi connectivity index (χ1) is 14.4. The highest BCUT2D eigenvalue weighted by Gasteiger charge is 2.10. The van der Waals surface area contributed by atoms with Gasteiger partial charge < -0.3 is 34.3 Å². The predicted molar refractivity (Wildman–Crippen MR) is 117 cm³/mol. The van der Waals surface area contributed by atoms with E-state index in [4.69, 9.17) is 24.8 Å². The fourth-order valence-corrected chi connectivity index (χ4v) is 1.74. The minimum Gasteiger partial charge on any atom is -0.481 e. The summed E-state index contributed by atoms with van der Waals surface area (Å²) in [5, 5.41) is 25.2. The zero-order chi connectivity index (χ0) is 25.2. The van der Waals surface area contributed by atoms with Gasteiger partial charge in [0.1, 0.15) is 6.61 Å². The summed E-state index contributed by atoms with van der Waals surface area (Å²) in [4.78, 5) is 30.3. The predicted octanol–water partition coefficient (Wildman–Crippen LogP) is 2.75. The van der Waals surface area contributed by atoms with Crippen molar-refractivity contribution in [1.82, 2.24) is 0 Å². The number of carboxylic acids is 2. The van der Waals surface area contributed by atoms with Crippen LogP contribution >= 0.6 is 0 Å². The van der Waals surface area contributed by atoms with E-state index in [2.05, 4.69) is 9.47 Å². The Balaban J connectivity index is -0.000000166. The Labute approximate surface area is 186 Å². The summed E-state index contributed by atoms with van der Waals surface area (Å²) >= 11 is 0. The van der Waals surface area contributed by atoms with Crippen molar-refractivity contribution >= 4 is 17.9 Å². The van der Waals surface area contributed by atoms with Gasteiger partial charge in [-0.25, -0.2) is 0 Å². The first-order valence-corrected chi connectivity index (χ1v) is 10.3. The third-order valence-corrected chi connectivity index (χ3v) is 3.05. The minimum atomic E-state index is -0.791. The van der Waals surface area contributed by atoms with Crippen LogP contribution in [0.1, 0.15) is 67.2 Å². The smallest absolute Gasteiger partial charge is 0.305 e. The van der Waals surface area contributed by atoms with Crippen LogP contribution in [0.2, 0.25) is 0 Å². The Morgan fingerprint density at radius 1 is 0.806 bits per heavy atom. The second-order valence-corrected chi connectivity index (χ2v) is 6.23. The van der Waals surface area contributed by atoms with Gasteiger partial charge in [0.25, 0.3) is 0 Å². The molecule has 0 aromatic rings. The maximum absolute atomic E-state index is 10.2. The molecular formula is C21H44O10. The van der Waals surface area contributed by atoms with Gasteiger partial charge in [0.15, 0.2) is 0 Å². The van der Waals surface area contributed by atoms with E-state index in [1.807, 2.05) is 27.7 Å². The maximum Gasteiger partial charge on any atom is 0.305 e. The van der Waals surface area contributed by atoms with Gasteiger partial charge in [-0.2, -0.15) is 0 Å². The molecule has 0 fully saturated rings. The maximum atomic E-state index is 10.2. The van der Waals surface area contributed by atoms with Crippen LogP contribution in [-0.2, 0) is 33.3 Å². The van der Waals surface area contributed by atoms with E-state index < -0.39 is 18.0 Å². The molecule has 0 saturated carbocycles. The second kappa shape index (κ2) is 28.2. The molecule has 0 aliphatic carbocycles.